The molecule has 1 aliphatic carbocycles. The molecule has 5 unspecified atom stereocenters. The fourth-order valence-electron chi connectivity index (χ4n) is 2.11. The van der Waals surface area contributed by atoms with Gasteiger partial charge in [-0.25, -0.2) is 0 Å². The zero-order valence-electron chi connectivity index (χ0n) is 10.1. The van der Waals surface area contributed by atoms with E-state index in [4.69, 9.17) is 5.73 Å². The van der Waals surface area contributed by atoms with Crippen molar-refractivity contribution in [2.45, 2.75) is 27.3 Å². The molecule has 110 valence electrons. The molecule has 0 radical (unpaired) electrons. The third kappa shape index (κ3) is 5.28. The van der Waals surface area contributed by atoms with E-state index in [0.717, 1.165) is 5.33 Å². The Hall–Kier alpha value is 0.860. The van der Waals surface area contributed by atoms with Crippen LogP contribution in [0.15, 0.2) is 0 Å². The van der Waals surface area contributed by atoms with Crippen LogP contribution in [0.1, 0.15) is 12.8 Å². The highest BCUT2D eigenvalue weighted by Crippen LogP contribution is 2.37. The van der Waals surface area contributed by atoms with Gasteiger partial charge in [-0.15, -0.1) is 0 Å². The number of amides is 2. The van der Waals surface area contributed by atoms with Crippen molar-refractivity contribution >= 4 is 75.5 Å². The second kappa shape index (κ2) is 8.34. The third-order valence-corrected chi connectivity index (χ3v) is 8.24. The van der Waals surface area contributed by atoms with Crippen molar-refractivity contribution in [3.63, 3.8) is 0 Å². The van der Waals surface area contributed by atoms with Gasteiger partial charge in [-0.2, -0.15) is 0 Å². The molecule has 0 aromatic carbocycles. The van der Waals surface area contributed by atoms with Crippen LogP contribution in [0.25, 0.3) is 0 Å². The molecule has 19 heavy (non-hydrogen) atoms. The van der Waals surface area contributed by atoms with Crippen LogP contribution in [-0.2, 0) is 9.59 Å². The molecule has 8 heteroatoms. The van der Waals surface area contributed by atoms with Crippen molar-refractivity contribution in [2.24, 2.45) is 17.6 Å². The van der Waals surface area contributed by atoms with E-state index in [1.54, 1.807) is 0 Å². The van der Waals surface area contributed by atoms with Gasteiger partial charge < -0.3 is 11.1 Å². The van der Waals surface area contributed by atoms with Gasteiger partial charge in [0.25, 0.3) is 0 Å². The zero-order chi connectivity index (χ0) is 14.6. The first-order valence-corrected chi connectivity index (χ1v) is 9.78. The number of alkyl halides is 4. The van der Waals surface area contributed by atoms with Crippen LogP contribution >= 0.6 is 63.7 Å². The van der Waals surface area contributed by atoms with E-state index in [1.165, 1.54) is 0 Å². The van der Waals surface area contributed by atoms with Gasteiger partial charge in [-0.05, 0) is 12.8 Å². The number of rotatable bonds is 5. The quantitative estimate of drug-likeness (QED) is 0.539. The summed E-state index contributed by atoms with van der Waals surface area (Å²) in [4.78, 5) is 24.2. The lowest BCUT2D eigenvalue weighted by Gasteiger charge is -2.34. The number of hydrogen-bond acceptors (Lipinski definition) is 2. The second-order valence-corrected chi connectivity index (χ2v) is 8.91. The Labute approximate surface area is 146 Å². The molecule has 5 atom stereocenters. The standard InChI is InChI=1S/C11H16Br4N2O2/c12-3-5(13)4-17-11(19)7-2-9(15)8(14)1-6(7)10(16)18/h5-9H,1-4H2,(H2,16,18)(H,17,19). The Kier molecular flexibility index (Phi) is 7.86. The molecule has 2 amide bonds. The van der Waals surface area contributed by atoms with Crippen molar-refractivity contribution in [1.82, 2.24) is 5.32 Å². The van der Waals surface area contributed by atoms with Crippen LogP contribution in [0.2, 0.25) is 0 Å². The largest absolute Gasteiger partial charge is 0.369 e. The summed E-state index contributed by atoms with van der Waals surface area (Å²) in [6, 6.07) is 0. The molecule has 0 aliphatic heterocycles. The molecule has 0 heterocycles. The number of carbonyl (C=O) groups is 2. The van der Waals surface area contributed by atoms with Crippen LogP contribution in [0.3, 0.4) is 0 Å². The van der Waals surface area contributed by atoms with Crippen LogP contribution < -0.4 is 11.1 Å². The molecule has 1 fully saturated rings. The minimum Gasteiger partial charge on any atom is -0.369 e. The minimum absolute atomic E-state index is 0.0990. The van der Waals surface area contributed by atoms with Crippen LogP contribution in [0.4, 0.5) is 0 Å². The van der Waals surface area contributed by atoms with Crippen molar-refractivity contribution in [3.8, 4) is 0 Å². The molecular formula is C11H16Br4N2O2. The lowest BCUT2D eigenvalue weighted by atomic mass is 9.78. The Morgan fingerprint density at radius 3 is 2.21 bits per heavy atom. The van der Waals surface area contributed by atoms with Gasteiger partial charge in [0.15, 0.2) is 0 Å². The van der Waals surface area contributed by atoms with Crippen LogP contribution in [-0.4, -0.2) is 38.2 Å². The van der Waals surface area contributed by atoms with Crippen molar-refractivity contribution in [1.29, 1.82) is 0 Å². The molecular weight excluding hydrogens is 512 g/mol. The molecule has 1 aliphatic rings. The lowest BCUT2D eigenvalue weighted by molar-refractivity contribution is -0.134. The maximum Gasteiger partial charge on any atom is 0.223 e. The van der Waals surface area contributed by atoms with Gasteiger partial charge in [0.1, 0.15) is 0 Å². The first-order chi connectivity index (χ1) is 8.86. The molecule has 0 aromatic heterocycles. The molecule has 0 saturated heterocycles. The summed E-state index contributed by atoms with van der Waals surface area (Å²) in [7, 11) is 0. The predicted octanol–water partition coefficient (Wildman–Crippen LogP) is 2.30. The average Bonchev–Trinajstić information content (AvgIpc) is 2.37. The molecule has 0 bridgehead atoms. The fourth-order valence-corrected chi connectivity index (χ4v) is 3.74. The smallest absolute Gasteiger partial charge is 0.223 e. The Morgan fingerprint density at radius 1 is 1.21 bits per heavy atom. The normalized spacial score (nSPS) is 32.6. The Bertz CT molecular complexity index is 343. The topological polar surface area (TPSA) is 72.2 Å². The van der Waals surface area contributed by atoms with Crippen molar-refractivity contribution in [3.05, 3.63) is 0 Å². The number of nitrogens with one attached hydrogen (secondary N) is 1. The summed E-state index contributed by atoms with van der Waals surface area (Å²) in [5.41, 5.74) is 5.41. The van der Waals surface area contributed by atoms with Crippen molar-refractivity contribution in [2.75, 3.05) is 11.9 Å². The molecule has 1 saturated carbocycles. The second-order valence-electron chi connectivity index (χ2n) is 4.62. The summed E-state index contributed by atoms with van der Waals surface area (Å²) in [5.74, 6) is -1.26. The van der Waals surface area contributed by atoms with E-state index in [2.05, 4.69) is 69.0 Å². The van der Waals surface area contributed by atoms with E-state index < -0.39 is 11.8 Å². The maximum atomic E-state index is 12.2. The summed E-state index contributed by atoms with van der Waals surface area (Å²) in [6.07, 6.45) is 1.19. The average molecular weight is 528 g/mol. The monoisotopic (exact) mass is 524 g/mol. The Morgan fingerprint density at radius 2 is 1.74 bits per heavy atom. The highest BCUT2D eigenvalue weighted by Gasteiger charge is 2.41. The van der Waals surface area contributed by atoms with E-state index in [0.29, 0.717) is 19.4 Å². The van der Waals surface area contributed by atoms with Crippen LogP contribution in [0, 0.1) is 11.8 Å². The first-order valence-electron chi connectivity index (χ1n) is 5.92. The summed E-state index contributed by atoms with van der Waals surface area (Å²) in [5, 5.41) is 3.62. The highest BCUT2D eigenvalue weighted by molar-refractivity contribution is 9.12. The van der Waals surface area contributed by atoms with E-state index >= 15 is 0 Å². The molecule has 1 rings (SSSR count). The number of carbonyl (C=O) groups excluding carboxylic acids is 2. The predicted molar refractivity (Wildman–Crippen MR) is 90.4 cm³/mol. The van der Waals surface area contributed by atoms with Gasteiger partial charge in [0.05, 0.1) is 11.8 Å². The van der Waals surface area contributed by atoms with E-state index in [9.17, 15) is 9.59 Å². The number of halogens is 4. The molecule has 0 aromatic rings. The first kappa shape index (κ1) is 17.9. The van der Waals surface area contributed by atoms with E-state index in [-0.39, 0.29) is 26.3 Å². The van der Waals surface area contributed by atoms with Gasteiger partial charge in [0.2, 0.25) is 11.8 Å². The van der Waals surface area contributed by atoms with Gasteiger partial charge in [-0.1, -0.05) is 63.7 Å². The molecule has 3 N–H and O–H groups in total. The molecule has 4 nitrogen and oxygen atoms in total. The van der Waals surface area contributed by atoms with Gasteiger partial charge >= 0.3 is 0 Å². The Balaban J connectivity index is 2.66. The summed E-state index contributed by atoms with van der Waals surface area (Å²) in [6.45, 7) is 0.525. The van der Waals surface area contributed by atoms with Gasteiger partial charge in [-0.3, -0.25) is 9.59 Å². The zero-order valence-corrected chi connectivity index (χ0v) is 16.5. The lowest BCUT2D eigenvalue weighted by Crippen LogP contribution is -2.47. The van der Waals surface area contributed by atoms with Crippen LogP contribution in [0.5, 0.6) is 0 Å². The summed E-state index contributed by atoms with van der Waals surface area (Å²) < 4.78 is 0. The summed E-state index contributed by atoms with van der Waals surface area (Å²) >= 11 is 13.8. The van der Waals surface area contributed by atoms with E-state index in [1.807, 2.05) is 0 Å². The molecule has 0 spiro atoms. The van der Waals surface area contributed by atoms with Gasteiger partial charge in [0, 0.05) is 26.4 Å². The SMILES string of the molecule is NC(=O)C1CC(Br)C(Br)CC1C(=O)NCC(Br)CBr. The number of nitrogens with two attached hydrogens (primary N) is 1. The highest BCUT2D eigenvalue weighted by atomic mass is 79.9. The van der Waals surface area contributed by atoms with Crippen molar-refractivity contribution < 1.29 is 9.59 Å². The fraction of sp³-hybridized carbons (Fsp3) is 0.818. The minimum atomic E-state index is -0.407. The number of primary amides is 1. The number of hydrogen-bond donors (Lipinski definition) is 2. The third-order valence-electron chi connectivity index (χ3n) is 3.20. The maximum absolute atomic E-state index is 12.2.